The molecule has 0 heterocycles. The average molecular weight is 124 g/mol. The molecule has 0 radical (unpaired) electrons. The summed E-state index contributed by atoms with van der Waals surface area (Å²) in [6.07, 6.45) is 6.47. The van der Waals surface area contributed by atoms with E-state index in [1.807, 2.05) is 0 Å². The van der Waals surface area contributed by atoms with E-state index in [2.05, 4.69) is 10.7 Å². The van der Waals surface area contributed by atoms with E-state index in [4.69, 9.17) is 6.42 Å². The van der Waals surface area contributed by atoms with Crippen LogP contribution >= 0.6 is 0 Å². The second-order valence-electron chi connectivity index (χ2n) is 1.34. The predicted octanol–water partition coefficient (Wildman–Crippen LogP) is 0.739. The minimum atomic E-state index is -0.458. The number of carbonyl (C=O) groups excluding carboxylic acids is 1. The molecule has 0 atom stereocenters. The van der Waals surface area contributed by atoms with Gasteiger partial charge in [0, 0.05) is 0 Å². The Kier molecular flexibility index (Phi) is 3.22. The van der Waals surface area contributed by atoms with Crippen molar-refractivity contribution in [2.24, 2.45) is 0 Å². The van der Waals surface area contributed by atoms with Crippen molar-refractivity contribution in [2.45, 2.75) is 6.92 Å². The number of carbonyl (C=O) groups is 1. The summed E-state index contributed by atoms with van der Waals surface area (Å²) in [5.74, 6) is 1.73. The summed E-state index contributed by atoms with van der Waals surface area (Å²) in [6, 6.07) is 0. The highest BCUT2D eigenvalue weighted by atomic mass is 16.5. The van der Waals surface area contributed by atoms with Gasteiger partial charge in [-0.2, -0.15) is 0 Å². The summed E-state index contributed by atoms with van der Waals surface area (Å²) in [5.41, 5.74) is 0.262. The first-order chi connectivity index (χ1) is 4.26. The molecule has 0 fully saturated rings. The molecule has 2 nitrogen and oxygen atoms in total. The Labute approximate surface area is 54.5 Å². The van der Waals surface area contributed by atoms with Crippen LogP contribution in [0.3, 0.4) is 0 Å². The minimum Gasteiger partial charge on any atom is -0.465 e. The predicted molar refractivity (Wildman–Crippen MR) is 34.6 cm³/mol. The first kappa shape index (κ1) is 7.77. The zero-order valence-electron chi connectivity index (χ0n) is 5.47. The van der Waals surface area contributed by atoms with Crippen LogP contribution in [-0.2, 0) is 9.53 Å². The van der Waals surface area contributed by atoms with Gasteiger partial charge in [-0.05, 0) is 6.92 Å². The molecule has 0 bridgehead atoms. The molecule has 0 saturated heterocycles. The molecule has 0 unspecified atom stereocenters. The SMILES string of the molecule is C#CC(=CC)C(=O)OC. The number of ether oxygens (including phenoxy) is 1. The second kappa shape index (κ2) is 3.73. The van der Waals surface area contributed by atoms with Crippen LogP contribution in [0.5, 0.6) is 0 Å². The molecule has 0 aliphatic heterocycles. The summed E-state index contributed by atoms with van der Waals surface area (Å²) in [7, 11) is 1.29. The highest BCUT2D eigenvalue weighted by Gasteiger charge is 2.02. The highest BCUT2D eigenvalue weighted by molar-refractivity contribution is 5.92. The van der Waals surface area contributed by atoms with E-state index in [-0.39, 0.29) is 5.57 Å². The molecular weight excluding hydrogens is 116 g/mol. The van der Waals surface area contributed by atoms with Gasteiger partial charge in [-0.25, -0.2) is 4.79 Å². The molecule has 0 aromatic heterocycles. The summed E-state index contributed by atoms with van der Waals surface area (Å²) in [4.78, 5) is 10.5. The summed E-state index contributed by atoms with van der Waals surface area (Å²) in [6.45, 7) is 1.69. The van der Waals surface area contributed by atoms with Gasteiger partial charge in [0.15, 0.2) is 0 Å². The fourth-order valence-corrected chi connectivity index (χ4v) is 0.370. The molecule has 0 aliphatic carbocycles. The van der Waals surface area contributed by atoms with Gasteiger partial charge in [-0.15, -0.1) is 6.42 Å². The van der Waals surface area contributed by atoms with Crippen LogP contribution in [0.15, 0.2) is 11.6 Å². The fraction of sp³-hybridized carbons (Fsp3) is 0.286. The molecule has 2 heteroatoms. The molecule has 0 aromatic rings. The van der Waals surface area contributed by atoms with Gasteiger partial charge in [-0.1, -0.05) is 12.0 Å². The molecule has 0 rings (SSSR count). The number of esters is 1. The van der Waals surface area contributed by atoms with Gasteiger partial charge in [0.1, 0.15) is 5.57 Å². The molecule has 0 aliphatic rings. The third-order valence-corrected chi connectivity index (χ3v) is 0.849. The van der Waals surface area contributed by atoms with Crippen LogP contribution < -0.4 is 0 Å². The normalized spacial score (nSPS) is 10.1. The van der Waals surface area contributed by atoms with Gasteiger partial charge < -0.3 is 4.74 Å². The highest BCUT2D eigenvalue weighted by Crippen LogP contribution is 1.92. The third kappa shape index (κ3) is 2.00. The number of methoxy groups -OCH3 is 1. The van der Waals surface area contributed by atoms with Crippen molar-refractivity contribution in [1.29, 1.82) is 0 Å². The van der Waals surface area contributed by atoms with Gasteiger partial charge in [0.25, 0.3) is 0 Å². The quantitative estimate of drug-likeness (QED) is 0.293. The summed E-state index contributed by atoms with van der Waals surface area (Å²) < 4.78 is 4.34. The lowest BCUT2D eigenvalue weighted by molar-refractivity contribution is -0.135. The Morgan fingerprint density at radius 2 is 2.33 bits per heavy atom. The van der Waals surface area contributed by atoms with E-state index >= 15 is 0 Å². The largest absolute Gasteiger partial charge is 0.465 e. The number of hydrogen-bond donors (Lipinski definition) is 0. The third-order valence-electron chi connectivity index (χ3n) is 0.849. The van der Waals surface area contributed by atoms with Crippen molar-refractivity contribution in [3.05, 3.63) is 11.6 Å². The molecule has 9 heavy (non-hydrogen) atoms. The maximum atomic E-state index is 10.5. The van der Waals surface area contributed by atoms with E-state index in [1.165, 1.54) is 13.2 Å². The maximum absolute atomic E-state index is 10.5. The zero-order chi connectivity index (χ0) is 7.28. The lowest BCUT2D eigenvalue weighted by Gasteiger charge is -1.93. The Morgan fingerprint density at radius 1 is 1.78 bits per heavy atom. The van der Waals surface area contributed by atoms with Gasteiger partial charge in [-0.3, -0.25) is 0 Å². The Morgan fingerprint density at radius 3 is 2.44 bits per heavy atom. The van der Waals surface area contributed by atoms with Crippen molar-refractivity contribution >= 4 is 5.97 Å². The van der Waals surface area contributed by atoms with Crippen LogP contribution in [0.2, 0.25) is 0 Å². The van der Waals surface area contributed by atoms with Gasteiger partial charge in [0.2, 0.25) is 0 Å². The lowest BCUT2D eigenvalue weighted by Crippen LogP contribution is -2.01. The van der Waals surface area contributed by atoms with Crippen LogP contribution in [0.4, 0.5) is 0 Å². The summed E-state index contributed by atoms with van der Waals surface area (Å²) >= 11 is 0. The lowest BCUT2D eigenvalue weighted by atomic mass is 10.3. The van der Waals surface area contributed by atoms with E-state index in [1.54, 1.807) is 6.92 Å². The fourth-order valence-electron chi connectivity index (χ4n) is 0.370. The standard InChI is InChI=1S/C7H8O2/c1-4-6(5-2)7(8)9-3/h1,5H,2-3H3. The van der Waals surface area contributed by atoms with Crippen LogP contribution in [0, 0.1) is 12.3 Å². The van der Waals surface area contributed by atoms with Crippen molar-refractivity contribution < 1.29 is 9.53 Å². The van der Waals surface area contributed by atoms with Crippen LogP contribution in [-0.4, -0.2) is 13.1 Å². The average Bonchev–Trinajstić information content (AvgIpc) is 1.90. The van der Waals surface area contributed by atoms with E-state index in [0.29, 0.717) is 0 Å². The molecule has 48 valence electrons. The molecular formula is C7H8O2. The smallest absolute Gasteiger partial charge is 0.346 e. The number of allylic oxidation sites excluding steroid dienone is 1. The maximum Gasteiger partial charge on any atom is 0.346 e. The Hall–Kier alpha value is -1.23. The minimum absolute atomic E-state index is 0.262. The molecule has 0 spiro atoms. The monoisotopic (exact) mass is 124 g/mol. The number of rotatable bonds is 1. The van der Waals surface area contributed by atoms with Crippen molar-refractivity contribution in [2.75, 3.05) is 7.11 Å². The first-order valence-corrected chi connectivity index (χ1v) is 2.47. The topological polar surface area (TPSA) is 26.3 Å². The van der Waals surface area contributed by atoms with E-state index in [9.17, 15) is 4.79 Å². The number of terminal acetylenes is 1. The van der Waals surface area contributed by atoms with Crippen molar-refractivity contribution in [3.8, 4) is 12.3 Å². The molecule has 0 amide bonds. The van der Waals surface area contributed by atoms with Crippen molar-refractivity contribution in [1.82, 2.24) is 0 Å². The van der Waals surface area contributed by atoms with Crippen LogP contribution in [0.1, 0.15) is 6.92 Å². The number of hydrogen-bond acceptors (Lipinski definition) is 2. The van der Waals surface area contributed by atoms with Gasteiger partial charge in [0.05, 0.1) is 7.11 Å². The van der Waals surface area contributed by atoms with E-state index in [0.717, 1.165) is 0 Å². The Bertz CT molecular complexity index is 172. The molecule has 0 aromatic carbocycles. The zero-order valence-corrected chi connectivity index (χ0v) is 5.47. The summed E-state index contributed by atoms with van der Waals surface area (Å²) in [5, 5.41) is 0. The van der Waals surface area contributed by atoms with Crippen LogP contribution in [0.25, 0.3) is 0 Å². The Balaban J connectivity index is 4.19. The second-order valence-corrected chi connectivity index (χ2v) is 1.34. The molecule has 0 saturated carbocycles. The van der Waals surface area contributed by atoms with Crippen molar-refractivity contribution in [3.63, 3.8) is 0 Å². The van der Waals surface area contributed by atoms with E-state index < -0.39 is 5.97 Å². The molecule has 0 N–H and O–H groups in total. The van der Waals surface area contributed by atoms with Gasteiger partial charge >= 0.3 is 5.97 Å². The first-order valence-electron chi connectivity index (χ1n) is 2.47.